The van der Waals surface area contributed by atoms with Crippen LogP contribution < -0.4 is 5.32 Å². The molecule has 1 aromatic carbocycles. The van der Waals surface area contributed by atoms with E-state index in [-0.39, 0.29) is 12.2 Å². The summed E-state index contributed by atoms with van der Waals surface area (Å²) in [7, 11) is 0. The second-order valence-corrected chi connectivity index (χ2v) is 5.98. The summed E-state index contributed by atoms with van der Waals surface area (Å²) in [5.74, 6) is -0.442. The van der Waals surface area contributed by atoms with Crippen LogP contribution in [0.15, 0.2) is 42.6 Å². The SMILES string of the molecule is Cc1c(CN2C(=O)N[C@](C)(c3ccccn3)C2=O)cccc1[N+](=O)[O-]. The number of aromatic nitrogens is 1. The Labute approximate surface area is 143 Å². The number of nitro groups is 1. The molecule has 1 fully saturated rings. The number of amides is 3. The van der Waals surface area contributed by atoms with Gasteiger partial charge < -0.3 is 5.32 Å². The summed E-state index contributed by atoms with van der Waals surface area (Å²) in [6.45, 7) is 3.15. The van der Waals surface area contributed by atoms with E-state index in [4.69, 9.17) is 0 Å². The maximum Gasteiger partial charge on any atom is 0.325 e. The molecule has 0 aliphatic carbocycles. The first-order chi connectivity index (χ1) is 11.8. The zero-order chi connectivity index (χ0) is 18.2. The van der Waals surface area contributed by atoms with Crippen molar-refractivity contribution in [3.8, 4) is 0 Å². The van der Waals surface area contributed by atoms with E-state index in [9.17, 15) is 19.7 Å². The van der Waals surface area contributed by atoms with Gasteiger partial charge in [0, 0.05) is 17.8 Å². The number of nitrogens with one attached hydrogen (secondary N) is 1. The molecule has 1 saturated heterocycles. The fourth-order valence-electron chi connectivity index (χ4n) is 2.88. The van der Waals surface area contributed by atoms with Crippen molar-refractivity contribution in [3.05, 3.63) is 69.5 Å². The van der Waals surface area contributed by atoms with Gasteiger partial charge in [-0.05, 0) is 31.5 Å². The Balaban J connectivity index is 1.93. The molecular formula is C17H16N4O4. The van der Waals surface area contributed by atoms with Crippen molar-refractivity contribution in [3.63, 3.8) is 0 Å². The highest BCUT2D eigenvalue weighted by Gasteiger charge is 2.50. The van der Waals surface area contributed by atoms with E-state index >= 15 is 0 Å². The fourth-order valence-corrected chi connectivity index (χ4v) is 2.88. The van der Waals surface area contributed by atoms with E-state index in [1.807, 2.05) is 0 Å². The van der Waals surface area contributed by atoms with Gasteiger partial charge >= 0.3 is 6.03 Å². The number of hydrogen-bond donors (Lipinski definition) is 1. The minimum Gasteiger partial charge on any atom is -0.318 e. The Bertz CT molecular complexity index is 868. The van der Waals surface area contributed by atoms with Crippen molar-refractivity contribution in [2.24, 2.45) is 0 Å². The molecule has 8 heteroatoms. The second-order valence-electron chi connectivity index (χ2n) is 5.98. The number of urea groups is 1. The van der Waals surface area contributed by atoms with Gasteiger partial charge in [-0.3, -0.25) is 24.8 Å². The van der Waals surface area contributed by atoms with Gasteiger partial charge in [-0.15, -0.1) is 0 Å². The minimum atomic E-state index is -1.26. The normalized spacial score (nSPS) is 19.8. The van der Waals surface area contributed by atoms with Crippen molar-refractivity contribution in [1.29, 1.82) is 0 Å². The molecule has 0 spiro atoms. The van der Waals surface area contributed by atoms with Gasteiger partial charge in [0.15, 0.2) is 5.54 Å². The Morgan fingerprint density at radius 3 is 2.64 bits per heavy atom. The molecule has 2 heterocycles. The minimum absolute atomic E-state index is 0.0411. The average molecular weight is 340 g/mol. The standard InChI is InChI=1S/C17H16N4O4/c1-11-12(6-5-7-13(11)21(24)25)10-20-15(22)17(2,19-16(20)23)14-8-3-4-9-18-14/h3-9H,10H2,1-2H3,(H,19,23)/t17-/m1/s1. The average Bonchev–Trinajstić information content (AvgIpc) is 2.81. The lowest BCUT2D eigenvalue weighted by molar-refractivity contribution is -0.385. The van der Waals surface area contributed by atoms with Gasteiger partial charge in [-0.1, -0.05) is 18.2 Å². The van der Waals surface area contributed by atoms with Gasteiger partial charge in [-0.25, -0.2) is 4.79 Å². The van der Waals surface area contributed by atoms with Crippen molar-refractivity contribution in [2.45, 2.75) is 25.9 Å². The molecule has 0 bridgehead atoms. The first-order valence-corrected chi connectivity index (χ1v) is 7.63. The molecule has 1 aromatic heterocycles. The lowest BCUT2D eigenvalue weighted by Gasteiger charge is -2.21. The Hall–Kier alpha value is -3.29. The molecule has 1 atom stereocenters. The van der Waals surface area contributed by atoms with E-state index in [2.05, 4.69) is 10.3 Å². The number of carbonyl (C=O) groups excluding carboxylic acids is 2. The number of imide groups is 1. The summed E-state index contributed by atoms with van der Waals surface area (Å²) in [5.41, 5.74) is 0.110. The summed E-state index contributed by atoms with van der Waals surface area (Å²) < 4.78 is 0. The number of rotatable bonds is 4. The summed E-state index contributed by atoms with van der Waals surface area (Å²) in [4.78, 5) is 41.0. The highest BCUT2D eigenvalue weighted by Crippen LogP contribution is 2.30. The number of pyridine rings is 1. The molecule has 8 nitrogen and oxygen atoms in total. The smallest absolute Gasteiger partial charge is 0.318 e. The lowest BCUT2D eigenvalue weighted by Crippen LogP contribution is -2.41. The number of hydrogen-bond acceptors (Lipinski definition) is 5. The van der Waals surface area contributed by atoms with Gasteiger partial charge in [0.25, 0.3) is 11.6 Å². The summed E-state index contributed by atoms with van der Waals surface area (Å²) in [5, 5.41) is 13.7. The van der Waals surface area contributed by atoms with Crippen molar-refractivity contribution < 1.29 is 14.5 Å². The second kappa shape index (κ2) is 5.97. The van der Waals surface area contributed by atoms with E-state index in [1.54, 1.807) is 44.3 Å². The Morgan fingerprint density at radius 2 is 2.00 bits per heavy atom. The molecule has 0 saturated carbocycles. The highest BCUT2D eigenvalue weighted by atomic mass is 16.6. The van der Waals surface area contributed by atoms with Crippen molar-refractivity contribution in [2.75, 3.05) is 0 Å². The van der Waals surface area contributed by atoms with Crippen LogP contribution in [0.25, 0.3) is 0 Å². The molecule has 0 unspecified atom stereocenters. The van der Waals surface area contributed by atoms with E-state index in [1.165, 1.54) is 12.1 Å². The van der Waals surface area contributed by atoms with Crippen LogP contribution in [0.4, 0.5) is 10.5 Å². The maximum atomic E-state index is 12.8. The van der Waals surface area contributed by atoms with E-state index < -0.39 is 22.4 Å². The summed E-state index contributed by atoms with van der Waals surface area (Å²) in [6, 6.07) is 9.17. The van der Waals surface area contributed by atoms with Crippen LogP contribution in [0.3, 0.4) is 0 Å². The van der Waals surface area contributed by atoms with E-state index in [0.717, 1.165) is 4.90 Å². The zero-order valence-electron chi connectivity index (χ0n) is 13.7. The van der Waals surface area contributed by atoms with Gasteiger partial charge in [0.05, 0.1) is 17.2 Å². The molecule has 1 N–H and O–H groups in total. The Kier molecular flexibility index (Phi) is 3.96. The van der Waals surface area contributed by atoms with Crippen LogP contribution >= 0.6 is 0 Å². The first-order valence-electron chi connectivity index (χ1n) is 7.63. The van der Waals surface area contributed by atoms with Crippen LogP contribution in [0, 0.1) is 17.0 Å². The fraction of sp³-hybridized carbons (Fsp3) is 0.235. The molecular weight excluding hydrogens is 324 g/mol. The van der Waals surface area contributed by atoms with Gasteiger partial charge in [0.1, 0.15) is 0 Å². The van der Waals surface area contributed by atoms with Crippen LogP contribution in [-0.2, 0) is 16.9 Å². The van der Waals surface area contributed by atoms with Crippen LogP contribution in [0.5, 0.6) is 0 Å². The molecule has 1 aliphatic heterocycles. The number of benzene rings is 1. The lowest BCUT2D eigenvalue weighted by atomic mass is 9.97. The number of carbonyl (C=O) groups is 2. The quantitative estimate of drug-likeness (QED) is 0.522. The molecule has 0 radical (unpaired) electrons. The third kappa shape index (κ3) is 2.71. The largest absolute Gasteiger partial charge is 0.325 e. The van der Waals surface area contributed by atoms with Crippen LogP contribution in [-0.4, -0.2) is 26.7 Å². The molecule has 3 amide bonds. The molecule has 3 rings (SSSR count). The van der Waals surface area contributed by atoms with E-state index in [0.29, 0.717) is 16.8 Å². The topological polar surface area (TPSA) is 105 Å². The monoisotopic (exact) mass is 340 g/mol. The van der Waals surface area contributed by atoms with Crippen molar-refractivity contribution in [1.82, 2.24) is 15.2 Å². The molecule has 2 aromatic rings. The Morgan fingerprint density at radius 1 is 1.24 bits per heavy atom. The van der Waals surface area contributed by atoms with Crippen molar-refractivity contribution >= 4 is 17.6 Å². The molecule has 1 aliphatic rings. The first kappa shape index (κ1) is 16.6. The van der Waals surface area contributed by atoms with Gasteiger partial charge in [0.2, 0.25) is 0 Å². The number of nitrogens with zero attached hydrogens (tertiary/aromatic N) is 3. The number of nitro benzene ring substituents is 1. The third-order valence-electron chi connectivity index (χ3n) is 4.39. The summed E-state index contributed by atoms with van der Waals surface area (Å²) >= 11 is 0. The third-order valence-corrected chi connectivity index (χ3v) is 4.39. The zero-order valence-corrected chi connectivity index (χ0v) is 13.7. The molecule has 128 valence electrons. The molecule has 25 heavy (non-hydrogen) atoms. The maximum absolute atomic E-state index is 12.8. The van der Waals surface area contributed by atoms with Crippen LogP contribution in [0.1, 0.15) is 23.7 Å². The predicted octanol–water partition coefficient (Wildman–Crippen LogP) is 2.27. The van der Waals surface area contributed by atoms with Crippen LogP contribution in [0.2, 0.25) is 0 Å². The highest BCUT2D eigenvalue weighted by molar-refractivity contribution is 6.06. The summed E-state index contributed by atoms with van der Waals surface area (Å²) in [6.07, 6.45) is 1.55. The van der Waals surface area contributed by atoms with Gasteiger partial charge in [-0.2, -0.15) is 0 Å². The predicted molar refractivity (Wildman–Crippen MR) is 88.5 cm³/mol.